The van der Waals surface area contributed by atoms with Gasteiger partial charge in [-0.05, 0) is 48.5 Å². The van der Waals surface area contributed by atoms with E-state index in [-0.39, 0.29) is 24.8 Å². The zero-order valence-corrected chi connectivity index (χ0v) is 16.5. The summed E-state index contributed by atoms with van der Waals surface area (Å²) >= 11 is 0. The summed E-state index contributed by atoms with van der Waals surface area (Å²) < 4.78 is 9.63. The Hall–Kier alpha value is -1.17. The van der Waals surface area contributed by atoms with Gasteiger partial charge >= 0.3 is 5.97 Å². The Bertz CT molecular complexity index is 210. The van der Waals surface area contributed by atoms with Crippen molar-refractivity contribution in [1.82, 2.24) is 0 Å². The van der Waals surface area contributed by atoms with Crippen LogP contribution in [0.1, 0.15) is 55.4 Å². The maximum absolute atomic E-state index is 10.2. The monoisotopic (exact) mass is 336 g/mol. The molecule has 0 saturated heterocycles. The van der Waals surface area contributed by atoms with Crippen molar-refractivity contribution < 1.29 is 24.5 Å². The number of rotatable bonds is 3. The predicted octanol–water partition coefficient (Wildman–Crippen LogP) is 3.75. The number of carbonyl (C=O) groups is 1. The van der Waals surface area contributed by atoms with E-state index in [1.807, 2.05) is 48.5 Å². The van der Waals surface area contributed by atoms with Crippen molar-refractivity contribution in [3.63, 3.8) is 0 Å². The van der Waals surface area contributed by atoms with Crippen LogP contribution in [0.15, 0.2) is 25.3 Å². The summed E-state index contributed by atoms with van der Waals surface area (Å²) in [6, 6.07) is 0. The first kappa shape index (κ1) is 33.4. The fourth-order valence-corrected chi connectivity index (χ4v) is 0.635. The average molecular weight is 337 g/mol. The van der Waals surface area contributed by atoms with Crippen LogP contribution < -0.4 is 0 Å². The number of aliphatic hydroxyl groups is 2. The first-order chi connectivity index (χ1) is 10.6. The van der Waals surface area contributed by atoms with E-state index in [2.05, 4.69) is 13.2 Å². The number of aliphatic hydroxyl groups excluding tert-OH is 2. The molecule has 0 aliphatic carbocycles. The van der Waals surface area contributed by atoms with Gasteiger partial charge in [0.1, 0.15) is 5.60 Å². The maximum atomic E-state index is 10.2. The van der Waals surface area contributed by atoms with Gasteiger partial charge in [-0.2, -0.15) is 0 Å². The van der Waals surface area contributed by atoms with Crippen molar-refractivity contribution in [2.75, 3.05) is 26.4 Å². The minimum Gasteiger partial charge on any atom is -0.460 e. The lowest BCUT2D eigenvalue weighted by Gasteiger charge is -2.17. The van der Waals surface area contributed by atoms with Crippen LogP contribution in [0.4, 0.5) is 0 Å². The molecule has 0 aromatic carbocycles. The minimum atomic E-state index is -0.328. The third kappa shape index (κ3) is 158. The summed E-state index contributed by atoms with van der Waals surface area (Å²) in [6.45, 7) is 22.8. The Kier molecular flexibility index (Phi) is 47.5. The molecule has 0 aliphatic rings. The Morgan fingerprint density at radius 3 is 1.26 bits per heavy atom. The summed E-state index contributed by atoms with van der Waals surface area (Å²) in [6.07, 6.45) is 3.50. The van der Waals surface area contributed by atoms with Gasteiger partial charge in [-0.25, -0.2) is 0 Å². The third-order valence-electron chi connectivity index (χ3n) is 0.958. The van der Waals surface area contributed by atoms with Crippen molar-refractivity contribution in [3.05, 3.63) is 25.3 Å². The van der Waals surface area contributed by atoms with E-state index in [1.165, 1.54) is 6.92 Å². The first-order valence-electron chi connectivity index (χ1n) is 7.71. The predicted molar refractivity (Wildman–Crippen MR) is 99.6 cm³/mol. The van der Waals surface area contributed by atoms with E-state index in [9.17, 15) is 4.79 Å². The van der Waals surface area contributed by atoms with Gasteiger partial charge in [-0.1, -0.05) is 12.2 Å². The second kappa shape index (κ2) is 32.7. The van der Waals surface area contributed by atoms with Gasteiger partial charge in [0.15, 0.2) is 0 Å². The summed E-state index contributed by atoms with van der Waals surface area (Å²) in [5.41, 5.74) is -0.328. The molecule has 0 atom stereocenters. The Labute approximate surface area is 144 Å². The van der Waals surface area contributed by atoms with Crippen molar-refractivity contribution in [1.29, 1.82) is 0 Å². The molecule has 0 spiro atoms. The largest absolute Gasteiger partial charge is 0.460 e. The topological polar surface area (TPSA) is 76.0 Å². The van der Waals surface area contributed by atoms with Crippen LogP contribution >= 0.6 is 0 Å². The number of hydrogen-bond donors (Lipinski definition) is 2. The summed E-state index contributed by atoms with van der Waals surface area (Å²) in [5, 5.41) is 15.2. The van der Waals surface area contributed by atoms with Gasteiger partial charge in [0.2, 0.25) is 0 Å². The molecule has 0 rings (SSSR count). The first-order valence-corrected chi connectivity index (χ1v) is 7.71. The molecule has 0 fully saturated rings. The summed E-state index contributed by atoms with van der Waals surface area (Å²) in [7, 11) is 0. The molecule has 0 amide bonds. The lowest BCUT2D eigenvalue weighted by molar-refractivity contribution is -0.151. The highest BCUT2D eigenvalue weighted by molar-refractivity contribution is 5.66. The maximum Gasteiger partial charge on any atom is 0.303 e. The fourth-order valence-electron chi connectivity index (χ4n) is 0.635. The van der Waals surface area contributed by atoms with Crippen molar-refractivity contribution in [2.24, 2.45) is 0 Å². The van der Waals surface area contributed by atoms with Gasteiger partial charge in [0, 0.05) is 20.1 Å². The number of carbonyl (C=O) groups excluding carboxylic acids is 1. The molecule has 0 unspecified atom stereocenters. The molecule has 2 N–H and O–H groups in total. The van der Waals surface area contributed by atoms with E-state index >= 15 is 0 Å². The van der Waals surface area contributed by atoms with Gasteiger partial charge < -0.3 is 19.7 Å². The second-order valence-corrected chi connectivity index (χ2v) is 4.75. The third-order valence-corrected chi connectivity index (χ3v) is 0.958. The molecule has 0 bridgehead atoms. The molecule has 142 valence electrons. The van der Waals surface area contributed by atoms with Gasteiger partial charge in [-0.3, -0.25) is 4.79 Å². The van der Waals surface area contributed by atoms with E-state index in [0.29, 0.717) is 0 Å². The van der Waals surface area contributed by atoms with E-state index in [0.717, 1.165) is 13.2 Å². The number of ether oxygens (including phenoxy) is 2. The van der Waals surface area contributed by atoms with Crippen LogP contribution in [-0.4, -0.2) is 48.2 Å². The second-order valence-electron chi connectivity index (χ2n) is 4.75. The molecular formula is C18H40O5. The SMILES string of the molecule is C=CC.C=CC.CC(=O)OC(C)(C)C.CCOCC.OCCO. The molecule has 0 aromatic rings. The highest BCUT2D eigenvalue weighted by Crippen LogP contribution is 2.05. The number of hydrogen-bond acceptors (Lipinski definition) is 5. The van der Waals surface area contributed by atoms with Gasteiger partial charge in [0.05, 0.1) is 13.2 Å². The minimum absolute atomic E-state index is 0.125. The molecule has 5 heteroatoms. The normalized spacial score (nSPS) is 8.09. The molecule has 5 nitrogen and oxygen atoms in total. The lowest BCUT2D eigenvalue weighted by atomic mass is 10.2. The van der Waals surface area contributed by atoms with Crippen LogP contribution in [0.25, 0.3) is 0 Å². The zero-order valence-electron chi connectivity index (χ0n) is 16.5. The van der Waals surface area contributed by atoms with Crippen LogP contribution in [0, 0.1) is 0 Å². The molecule has 0 saturated carbocycles. The molecule has 0 aromatic heterocycles. The summed E-state index contributed by atoms with van der Waals surface area (Å²) in [4.78, 5) is 10.2. The average Bonchev–Trinajstić information content (AvgIpc) is 2.39. The highest BCUT2D eigenvalue weighted by Gasteiger charge is 2.11. The van der Waals surface area contributed by atoms with Gasteiger partial charge in [-0.15, -0.1) is 13.2 Å². The van der Waals surface area contributed by atoms with Crippen molar-refractivity contribution in [2.45, 2.75) is 61.0 Å². The van der Waals surface area contributed by atoms with Gasteiger partial charge in [0.25, 0.3) is 0 Å². The smallest absolute Gasteiger partial charge is 0.303 e. The molecule has 0 heterocycles. The van der Waals surface area contributed by atoms with E-state index in [1.54, 1.807) is 12.2 Å². The molecular weight excluding hydrogens is 296 g/mol. The highest BCUT2D eigenvalue weighted by atomic mass is 16.6. The zero-order chi connectivity index (χ0) is 19.7. The van der Waals surface area contributed by atoms with Crippen LogP contribution in [0.5, 0.6) is 0 Å². The lowest BCUT2D eigenvalue weighted by Crippen LogP contribution is -2.21. The number of esters is 1. The quantitative estimate of drug-likeness (QED) is 0.606. The summed E-state index contributed by atoms with van der Waals surface area (Å²) in [5.74, 6) is -0.225. The fraction of sp³-hybridized carbons (Fsp3) is 0.722. The molecule has 23 heavy (non-hydrogen) atoms. The van der Waals surface area contributed by atoms with E-state index < -0.39 is 0 Å². The van der Waals surface area contributed by atoms with Crippen LogP contribution in [-0.2, 0) is 14.3 Å². The Balaban J connectivity index is -0.0000000628. The van der Waals surface area contributed by atoms with E-state index in [4.69, 9.17) is 19.7 Å². The van der Waals surface area contributed by atoms with Crippen molar-refractivity contribution >= 4 is 5.97 Å². The number of allylic oxidation sites excluding steroid dienone is 2. The standard InChI is InChI=1S/C6H12O2.C4H10O.2C3H6.C2H6O2/c1-5(7)8-6(2,3)4;1-3-5-4-2;2*1-3-2;3-1-2-4/h1-4H3;3-4H2,1-2H3;2*3H,1H2,2H3;3-4H,1-2H2. The molecule has 0 aliphatic heterocycles. The van der Waals surface area contributed by atoms with Crippen LogP contribution in [0.2, 0.25) is 0 Å². The van der Waals surface area contributed by atoms with Crippen molar-refractivity contribution in [3.8, 4) is 0 Å². The Morgan fingerprint density at radius 1 is 1.00 bits per heavy atom. The molecule has 0 radical (unpaired) electrons. The Morgan fingerprint density at radius 2 is 1.26 bits per heavy atom. The van der Waals surface area contributed by atoms with Crippen LogP contribution in [0.3, 0.4) is 0 Å².